The molecule has 0 bridgehead atoms. The number of carbonyl (C=O) groups is 3. The van der Waals surface area contributed by atoms with Crippen LogP contribution in [-0.2, 0) is 20.8 Å². The van der Waals surface area contributed by atoms with Crippen molar-refractivity contribution in [3.8, 4) is 0 Å². The molecule has 3 aromatic rings. The number of likely N-dealkylation sites (N-methyl/N-ethyl adjacent to an activating group) is 1. The van der Waals surface area contributed by atoms with Crippen molar-refractivity contribution >= 4 is 29.1 Å². The molecule has 0 radical (unpaired) electrons. The third kappa shape index (κ3) is 5.30. The van der Waals surface area contributed by atoms with Crippen molar-refractivity contribution < 1.29 is 14.4 Å². The van der Waals surface area contributed by atoms with Crippen molar-refractivity contribution in [2.75, 3.05) is 11.9 Å². The molecule has 35 heavy (non-hydrogen) atoms. The zero-order valence-corrected chi connectivity index (χ0v) is 20.0. The molecule has 0 aromatic heterocycles. The topological polar surface area (TPSA) is 90.9 Å². The van der Waals surface area contributed by atoms with E-state index in [1.165, 1.54) is 4.90 Å². The van der Waals surface area contributed by atoms with Gasteiger partial charge in [-0.3, -0.25) is 14.4 Å². The second-order valence-corrected chi connectivity index (χ2v) is 8.56. The number of hydrogen-bond donors (Lipinski definition) is 2. The molecule has 1 aliphatic rings. The fraction of sp³-hybridized carbons (Fsp3) is 0.214. The van der Waals surface area contributed by atoms with E-state index < -0.39 is 18.1 Å². The summed E-state index contributed by atoms with van der Waals surface area (Å²) in [4.78, 5) is 45.0. The first-order chi connectivity index (χ1) is 16.8. The molecule has 2 atom stereocenters. The summed E-state index contributed by atoms with van der Waals surface area (Å²) in [5.41, 5.74) is 4.85. The normalized spacial score (nSPS) is 16.0. The Hall–Kier alpha value is -4.26. The number of nitrogens with one attached hydrogen (secondary N) is 2. The van der Waals surface area contributed by atoms with E-state index >= 15 is 0 Å². The third-order valence-electron chi connectivity index (χ3n) is 6.05. The van der Waals surface area contributed by atoms with Crippen molar-refractivity contribution in [1.82, 2.24) is 10.6 Å². The van der Waals surface area contributed by atoms with Gasteiger partial charge in [0.1, 0.15) is 6.04 Å². The van der Waals surface area contributed by atoms with Gasteiger partial charge in [0.15, 0.2) is 0 Å². The van der Waals surface area contributed by atoms with Crippen LogP contribution in [0, 0.1) is 6.92 Å². The number of benzodiazepines with no additional fused rings is 1. The highest BCUT2D eigenvalue weighted by molar-refractivity contribution is 6.20. The van der Waals surface area contributed by atoms with Gasteiger partial charge in [0, 0.05) is 18.2 Å². The minimum absolute atomic E-state index is 0.168. The smallest absolute Gasteiger partial charge is 0.272 e. The number of hydrogen-bond acceptors (Lipinski definition) is 4. The molecule has 178 valence electrons. The number of amides is 3. The van der Waals surface area contributed by atoms with E-state index in [9.17, 15) is 14.4 Å². The minimum atomic E-state index is -1.13. The summed E-state index contributed by atoms with van der Waals surface area (Å²) in [6, 6.07) is 23.8. The summed E-state index contributed by atoms with van der Waals surface area (Å²) in [6.45, 7) is 3.53. The Labute approximate surface area is 204 Å². The van der Waals surface area contributed by atoms with Crippen LogP contribution in [0.5, 0.6) is 0 Å². The summed E-state index contributed by atoms with van der Waals surface area (Å²) >= 11 is 0. The standard InChI is InChI=1S/C28H28N4O3/c1-18-11-7-8-14-21(18)17-24(33)29-19(2)27(34)31-26-28(35)32(3)23-16-10-9-15-22(23)25(30-26)20-12-5-4-6-13-20/h4-16,19,26H,17H2,1-3H3,(H,29,33)(H,31,34)/t19-,26+/m0/s1. The number of aryl methyl sites for hydroxylation is 1. The Morgan fingerprint density at radius 2 is 1.63 bits per heavy atom. The zero-order valence-electron chi connectivity index (χ0n) is 20.0. The SMILES string of the molecule is Cc1ccccc1CC(=O)N[C@@H](C)C(=O)N[C@H]1N=C(c2ccccc2)c2ccccc2N(C)C1=O. The predicted octanol–water partition coefficient (Wildman–Crippen LogP) is 3.00. The molecule has 0 aliphatic carbocycles. The van der Waals surface area contributed by atoms with Crippen LogP contribution in [0.15, 0.2) is 83.9 Å². The lowest BCUT2D eigenvalue weighted by Gasteiger charge is -2.22. The van der Waals surface area contributed by atoms with Gasteiger partial charge in [0.05, 0.1) is 17.8 Å². The molecule has 7 heteroatoms. The predicted molar refractivity (Wildman–Crippen MR) is 136 cm³/mol. The fourth-order valence-electron chi connectivity index (χ4n) is 4.04. The Balaban J connectivity index is 1.54. The first kappa shape index (κ1) is 23.9. The van der Waals surface area contributed by atoms with Gasteiger partial charge in [-0.15, -0.1) is 0 Å². The molecule has 1 heterocycles. The van der Waals surface area contributed by atoms with Crippen molar-refractivity contribution in [3.63, 3.8) is 0 Å². The molecule has 0 unspecified atom stereocenters. The van der Waals surface area contributed by atoms with Gasteiger partial charge in [0.25, 0.3) is 5.91 Å². The Bertz CT molecular complexity index is 1290. The van der Waals surface area contributed by atoms with E-state index in [1.54, 1.807) is 14.0 Å². The van der Waals surface area contributed by atoms with E-state index in [0.29, 0.717) is 11.4 Å². The number of para-hydroxylation sites is 1. The minimum Gasteiger partial charge on any atom is -0.344 e. The van der Waals surface area contributed by atoms with Gasteiger partial charge in [-0.2, -0.15) is 0 Å². The van der Waals surface area contributed by atoms with Crippen LogP contribution in [-0.4, -0.2) is 42.7 Å². The summed E-state index contributed by atoms with van der Waals surface area (Å²) in [6.07, 6.45) is -0.966. The number of benzene rings is 3. The molecule has 1 aliphatic heterocycles. The average Bonchev–Trinajstić information content (AvgIpc) is 2.96. The Morgan fingerprint density at radius 3 is 2.37 bits per heavy atom. The number of anilines is 1. The lowest BCUT2D eigenvalue weighted by Crippen LogP contribution is -2.52. The van der Waals surface area contributed by atoms with Crippen LogP contribution < -0.4 is 15.5 Å². The number of fused-ring (bicyclic) bond motifs is 1. The average molecular weight is 469 g/mol. The van der Waals surface area contributed by atoms with E-state index in [0.717, 1.165) is 22.3 Å². The van der Waals surface area contributed by atoms with Crippen LogP contribution in [0.1, 0.15) is 29.2 Å². The maximum atomic E-state index is 13.3. The highest BCUT2D eigenvalue weighted by Gasteiger charge is 2.32. The monoisotopic (exact) mass is 468 g/mol. The van der Waals surface area contributed by atoms with E-state index in [4.69, 9.17) is 0 Å². The fourth-order valence-corrected chi connectivity index (χ4v) is 4.04. The van der Waals surface area contributed by atoms with Crippen molar-refractivity contribution in [2.24, 2.45) is 4.99 Å². The van der Waals surface area contributed by atoms with Gasteiger partial charge in [0.2, 0.25) is 18.0 Å². The van der Waals surface area contributed by atoms with Crippen LogP contribution >= 0.6 is 0 Å². The third-order valence-corrected chi connectivity index (χ3v) is 6.05. The highest BCUT2D eigenvalue weighted by atomic mass is 16.2. The second kappa shape index (κ2) is 10.3. The molecule has 3 amide bonds. The largest absolute Gasteiger partial charge is 0.344 e. The summed E-state index contributed by atoms with van der Waals surface area (Å²) < 4.78 is 0. The summed E-state index contributed by atoms with van der Waals surface area (Å²) in [5.74, 6) is -1.13. The van der Waals surface area contributed by atoms with E-state index in [2.05, 4.69) is 15.6 Å². The number of rotatable bonds is 6. The lowest BCUT2D eigenvalue weighted by molar-refractivity contribution is -0.130. The Kier molecular flexibility index (Phi) is 7.06. The molecular weight excluding hydrogens is 440 g/mol. The van der Waals surface area contributed by atoms with Crippen molar-refractivity contribution in [1.29, 1.82) is 0 Å². The zero-order chi connectivity index (χ0) is 24.9. The number of carbonyl (C=O) groups excluding carboxylic acids is 3. The maximum absolute atomic E-state index is 13.3. The first-order valence-electron chi connectivity index (χ1n) is 11.5. The number of nitrogens with zero attached hydrogens (tertiary/aromatic N) is 2. The second-order valence-electron chi connectivity index (χ2n) is 8.56. The molecule has 3 aromatic carbocycles. The van der Waals surface area contributed by atoms with Gasteiger partial charge in [-0.05, 0) is 31.0 Å². The molecule has 0 fully saturated rings. The quantitative estimate of drug-likeness (QED) is 0.583. The maximum Gasteiger partial charge on any atom is 0.272 e. The molecule has 2 N–H and O–H groups in total. The van der Waals surface area contributed by atoms with Crippen LogP contribution in [0.2, 0.25) is 0 Å². The summed E-state index contributed by atoms with van der Waals surface area (Å²) in [5, 5.41) is 5.44. The molecule has 0 saturated carbocycles. The van der Waals surface area contributed by atoms with Crippen LogP contribution in [0.3, 0.4) is 0 Å². The van der Waals surface area contributed by atoms with Gasteiger partial charge in [-0.25, -0.2) is 4.99 Å². The van der Waals surface area contributed by atoms with Crippen LogP contribution in [0.4, 0.5) is 5.69 Å². The van der Waals surface area contributed by atoms with Crippen molar-refractivity contribution in [2.45, 2.75) is 32.5 Å². The number of aliphatic imine (C=N–C) groups is 1. The van der Waals surface area contributed by atoms with E-state index in [-0.39, 0.29) is 18.2 Å². The molecule has 4 rings (SSSR count). The summed E-state index contributed by atoms with van der Waals surface area (Å²) in [7, 11) is 1.66. The van der Waals surface area contributed by atoms with Crippen LogP contribution in [0.25, 0.3) is 0 Å². The molecule has 0 spiro atoms. The van der Waals surface area contributed by atoms with Gasteiger partial charge in [-0.1, -0.05) is 72.8 Å². The molecule has 0 saturated heterocycles. The lowest BCUT2D eigenvalue weighted by atomic mass is 10.0. The highest BCUT2D eigenvalue weighted by Crippen LogP contribution is 2.27. The molecule has 7 nitrogen and oxygen atoms in total. The van der Waals surface area contributed by atoms with E-state index in [1.807, 2.05) is 85.8 Å². The first-order valence-corrected chi connectivity index (χ1v) is 11.5. The van der Waals surface area contributed by atoms with Gasteiger partial charge < -0.3 is 15.5 Å². The van der Waals surface area contributed by atoms with Crippen molar-refractivity contribution in [3.05, 3.63) is 101 Å². The Morgan fingerprint density at radius 1 is 0.971 bits per heavy atom. The van der Waals surface area contributed by atoms with Gasteiger partial charge >= 0.3 is 0 Å². The molecular formula is C28H28N4O3.